The minimum atomic E-state index is -1.10. The number of benzene rings is 1. The van der Waals surface area contributed by atoms with Crippen LogP contribution in [0.15, 0.2) is 30.3 Å². The molecule has 2 rings (SSSR count). The molecule has 0 radical (unpaired) electrons. The van der Waals surface area contributed by atoms with Gasteiger partial charge in [-0.05, 0) is 24.3 Å². The summed E-state index contributed by atoms with van der Waals surface area (Å²) in [7, 11) is 0. The minimum absolute atomic E-state index is 0.147. The zero-order valence-corrected chi connectivity index (χ0v) is 11.8. The number of carboxylic acid groups (broad SMARTS) is 1. The maximum Gasteiger partial charge on any atom is 0.330 e. The fourth-order valence-corrected chi connectivity index (χ4v) is 3.32. The molecule has 0 aromatic heterocycles. The summed E-state index contributed by atoms with van der Waals surface area (Å²) in [6, 6.07) is 9.21. The van der Waals surface area contributed by atoms with Crippen LogP contribution in [-0.4, -0.2) is 40.6 Å². The quantitative estimate of drug-likeness (QED) is 0.832. The summed E-state index contributed by atoms with van der Waals surface area (Å²) in [4.78, 5) is 23.1. The van der Waals surface area contributed by atoms with E-state index < -0.39 is 11.5 Å². The van der Waals surface area contributed by atoms with Crippen molar-refractivity contribution in [2.75, 3.05) is 18.1 Å². The van der Waals surface area contributed by atoms with Gasteiger partial charge in [-0.1, -0.05) is 18.2 Å². The van der Waals surface area contributed by atoms with Gasteiger partial charge in [-0.3, -0.25) is 4.79 Å². The molecule has 0 aliphatic carbocycles. The van der Waals surface area contributed by atoms with Gasteiger partial charge in [-0.15, -0.1) is 0 Å². The number of hydrogen-bond donors (Lipinski definition) is 2. The highest BCUT2D eigenvalue weighted by atomic mass is 32.2. The Kier molecular flexibility index (Phi) is 4.89. The van der Waals surface area contributed by atoms with E-state index in [0.29, 0.717) is 17.9 Å². The van der Waals surface area contributed by atoms with Crippen molar-refractivity contribution in [2.24, 2.45) is 0 Å². The van der Waals surface area contributed by atoms with Gasteiger partial charge >= 0.3 is 5.97 Å². The molecule has 108 valence electrons. The number of aliphatic carboxylic acids is 1. The third kappa shape index (κ3) is 3.66. The number of para-hydroxylation sites is 1. The maximum absolute atomic E-state index is 11.8. The number of carbonyl (C=O) groups is 2. The molecule has 6 heteroatoms. The molecule has 1 aromatic carbocycles. The molecule has 1 saturated heterocycles. The van der Waals surface area contributed by atoms with Crippen LogP contribution in [0.1, 0.15) is 12.8 Å². The zero-order chi connectivity index (χ0) is 14.4. The second-order valence-corrected chi connectivity index (χ2v) is 5.75. The van der Waals surface area contributed by atoms with Crippen LogP contribution in [0.4, 0.5) is 0 Å². The number of rotatable bonds is 6. The van der Waals surface area contributed by atoms with Crippen LogP contribution in [0.3, 0.4) is 0 Å². The third-order valence-electron chi connectivity index (χ3n) is 3.15. The van der Waals surface area contributed by atoms with Gasteiger partial charge in [0, 0.05) is 5.75 Å². The molecule has 2 N–H and O–H groups in total. The number of hydrogen-bond acceptors (Lipinski definition) is 4. The highest BCUT2D eigenvalue weighted by Crippen LogP contribution is 2.28. The average molecular weight is 295 g/mol. The van der Waals surface area contributed by atoms with Gasteiger partial charge in [0.1, 0.15) is 11.3 Å². The molecule has 5 nitrogen and oxygen atoms in total. The molecule has 1 amide bonds. The summed E-state index contributed by atoms with van der Waals surface area (Å²) in [5.74, 6) is 0.635. The molecule has 1 atom stereocenters. The second kappa shape index (κ2) is 6.65. The Hall–Kier alpha value is -1.69. The lowest BCUT2D eigenvalue weighted by Crippen LogP contribution is -2.54. The van der Waals surface area contributed by atoms with E-state index in [1.54, 1.807) is 11.8 Å². The molecule has 0 bridgehead atoms. The minimum Gasteiger partial charge on any atom is -0.493 e. The summed E-state index contributed by atoms with van der Waals surface area (Å²) in [6.45, 7) is 0.235. The molecule has 1 aromatic rings. The Morgan fingerprint density at radius 3 is 2.70 bits per heavy atom. The first-order valence-corrected chi connectivity index (χ1v) is 7.58. The van der Waals surface area contributed by atoms with Gasteiger partial charge in [0.2, 0.25) is 5.91 Å². The summed E-state index contributed by atoms with van der Waals surface area (Å²) >= 11 is 1.55. The van der Waals surface area contributed by atoms with Crippen LogP contribution in [0.25, 0.3) is 0 Å². The van der Waals surface area contributed by atoms with E-state index in [2.05, 4.69) is 5.32 Å². The first-order valence-electron chi connectivity index (χ1n) is 6.42. The van der Waals surface area contributed by atoms with Gasteiger partial charge in [0.15, 0.2) is 0 Å². The van der Waals surface area contributed by atoms with Gasteiger partial charge in [0.25, 0.3) is 0 Å². The maximum atomic E-state index is 11.8. The molecular formula is C14H17NO4S. The number of ether oxygens (including phenoxy) is 1. The number of nitrogens with one attached hydrogen (secondary N) is 1. The Bertz CT molecular complexity index is 471. The Balaban J connectivity index is 1.79. The molecule has 1 heterocycles. The highest BCUT2D eigenvalue weighted by molar-refractivity contribution is 7.99. The fourth-order valence-electron chi connectivity index (χ4n) is 1.99. The highest BCUT2D eigenvalue weighted by Gasteiger charge is 2.43. The topological polar surface area (TPSA) is 75.6 Å². The van der Waals surface area contributed by atoms with Crippen molar-refractivity contribution in [2.45, 2.75) is 18.4 Å². The van der Waals surface area contributed by atoms with Crippen molar-refractivity contribution >= 4 is 23.6 Å². The van der Waals surface area contributed by atoms with Crippen LogP contribution < -0.4 is 10.1 Å². The van der Waals surface area contributed by atoms with Crippen molar-refractivity contribution in [1.82, 2.24) is 5.32 Å². The zero-order valence-electron chi connectivity index (χ0n) is 11.0. The number of amides is 1. The number of thioether (sulfide) groups is 1. The molecule has 1 fully saturated rings. The standard InChI is InChI=1S/C14H17NO4S/c16-12(6-8-19-11-4-2-1-3-5-11)15-14(13(17)18)7-9-20-10-14/h1-5H,6-10H2,(H,15,16)(H,17,18). The Morgan fingerprint density at radius 1 is 1.35 bits per heavy atom. The average Bonchev–Trinajstić information content (AvgIpc) is 2.90. The second-order valence-electron chi connectivity index (χ2n) is 4.65. The molecular weight excluding hydrogens is 278 g/mol. The number of carboxylic acids is 1. The normalized spacial score (nSPS) is 21.4. The molecule has 0 spiro atoms. The summed E-state index contributed by atoms with van der Waals surface area (Å²) in [5, 5.41) is 11.9. The van der Waals surface area contributed by atoms with E-state index in [0.717, 1.165) is 5.75 Å². The molecule has 1 unspecified atom stereocenters. The molecule has 1 aliphatic heterocycles. The van der Waals surface area contributed by atoms with Crippen molar-refractivity contribution in [3.05, 3.63) is 30.3 Å². The van der Waals surface area contributed by atoms with Crippen molar-refractivity contribution in [1.29, 1.82) is 0 Å². The predicted molar refractivity (Wildman–Crippen MR) is 77.0 cm³/mol. The molecule has 0 saturated carbocycles. The lowest BCUT2D eigenvalue weighted by atomic mass is 9.99. The largest absolute Gasteiger partial charge is 0.493 e. The van der Waals surface area contributed by atoms with Gasteiger partial charge in [0.05, 0.1) is 13.0 Å². The van der Waals surface area contributed by atoms with Crippen LogP contribution >= 0.6 is 11.8 Å². The van der Waals surface area contributed by atoms with E-state index >= 15 is 0 Å². The van der Waals surface area contributed by atoms with E-state index in [-0.39, 0.29) is 18.9 Å². The first-order chi connectivity index (χ1) is 9.62. The Labute approximate surface area is 121 Å². The van der Waals surface area contributed by atoms with Gasteiger partial charge in [-0.2, -0.15) is 11.8 Å². The van der Waals surface area contributed by atoms with Crippen molar-refractivity contribution in [3.63, 3.8) is 0 Å². The van der Waals surface area contributed by atoms with Crippen LogP contribution in [-0.2, 0) is 9.59 Å². The van der Waals surface area contributed by atoms with Gasteiger partial charge < -0.3 is 15.2 Å². The first kappa shape index (κ1) is 14.7. The van der Waals surface area contributed by atoms with E-state index in [1.807, 2.05) is 30.3 Å². The summed E-state index contributed by atoms with van der Waals surface area (Å²) in [5.41, 5.74) is -1.10. The van der Waals surface area contributed by atoms with Crippen molar-refractivity contribution in [3.8, 4) is 5.75 Å². The monoisotopic (exact) mass is 295 g/mol. The lowest BCUT2D eigenvalue weighted by molar-refractivity contribution is -0.146. The summed E-state index contributed by atoms with van der Waals surface area (Å²) in [6.07, 6.45) is 0.618. The lowest BCUT2D eigenvalue weighted by Gasteiger charge is -2.24. The van der Waals surface area contributed by atoms with Crippen LogP contribution in [0.5, 0.6) is 5.75 Å². The van der Waals surface area contributed by atoms with Crippen molar-refractivity contribution < 1.29 is 19.4 Å². The van der Waals surface area contributed by atoms with Gasteiger partial charge in [-0.25, -0.2) is 4.79 Å². The van der Waals surface area contributed by atoms with E-state index in [4.69, 9.17) is 4.74 Å². The molecule has 20 heavy (non-hydrogen) atoms. The summed E-state index contributed by atoms with van der Waals surface area (Å²) < 4.78 is 5.42. The van der Waals surface area contributed by atoms with Crippen LogP contribution in [0.2, 0.25) is 0 Å². The fraction of sp³-hybridized carbons (Fsp3) is 0.429. The smallest absolute Gasteiger partial charge is 0.330 e. The predicted octanol–water partition coefficient (Wildman–Crippen LogP) is 1.53. The molecule has 1 aliphatic rings. The number of carbonyl (C=O) groups excluding carboxylic acids is 1. The third-order valence-corrected chi connectivity index (χ3v) is 4.34. The Morgan fingerprint density at radius 2 is 2.10 bits per heavy atom. The SMILES string of the molecule is O=C(CCOc1ccccc1)NC1(C(=O)O)CCSC1. The van der Waals surface area contributed by atoms with E-state index in [1.165, 1.54) is 0 Å². The van der Waals surface area contributed by atoms with Crippen LogP contribution in [0, 0.1) is 0 Å². The van der Waals surface area contributed by atoms with E-state index in [9.17, 15) is 14.7 Å².